The van der Waals surface area contributed by atoms with Gasteiger partial charge in [-0.2, -0.15) is 0 Å². The van der Waals surface area contributed by atoms with Crippen molar-refractivity contribution in [3.8, 4) is 5.19 Å². The highest BCUT2D eigenvalue weighted by Crippen LogP contribution is 2.24. The summed E-state index contributed by atoms with van der Waals surface area (Å²) in [6.45, 7) is 7.44. The van der Waals surface area contributed by atoms with Gasteiger partial charge in [-0.05, 0) is 31.9 Å². The molecule has 0 saturated carbocycles. The minimum absolute atomic E-state index is 0.0427. The highest BCUT2D eigenvalue weighted by atomic mass is 32.1. The summed E-state index contributed by atoms with van der Waals surface area (Å²) in [5, 5.41) is 2.58. The van der Waals surface area contributed by atoms with Crippen LogP contribution in [0.2, 0.25) is 0 Å². The Kier molecular flexibility index (Phi) is 4.16. The van der Waals surface area contributed by atoms with Gasteiger partial charge in [-0.25, -0.2) is 4.98 Å². The number of hydrogen-bond donors (Lipinski definition) is 0. The molecule has 1 amide bonds. The molecule has 0 bridgehead atoms. The summed E-state index contributed by atoms with van der Waals surface area (Å²) in [5.41, 5.74) is 4.12. The first-order valence-corrected chi connectivity index (χ1v) is 8.36. The topological polar surface area (TPSA) is 42.4 Å². The fourth-order valence-electron chi connectivity index (χ4n) is 3.10. The van der Waals surface area contributed by atoms with E-state index in [1.165, 1.54) is 16.9 Å². The number of rotatable bonds is 3. The number of likely N-dealkylation sites (tertiary alicyclic amines) is 1. The molecule has 1 aliphatic rings. The van der Waals surface area contributed by atoms with Crippen LogP contribution in [0.3, 0.4) is 0 Å². The van der Waals surface area contributed by atoms with E-state index in [1.807, 2.05) is 24.1 Å². The van der Waals surface area contributed by atoms with Crippen molar-refractivity contribution in [3.05, 3.63) is 46.0 Å². The van der Waals surface area contributed by atoms with Crippen LogP contribution in [0.25, 0.3) is 0 Å². The molecule has 5 heteroatoms. The van der Waals surface area contributed by atoms with Gasteiger partial charge in [-0.1, -0.05) is 29.0 Å². The Labute approximate surface area is 134 Å². The van der Waals surface area contributed by atoms with Gasteiger partial charge in [0.05, 0.1) is 6.54 Å². The van der Waals surface area contributed by atoms with Crippen molar-refractivity contribution in [2.45, 2.75) is 33.3 Å². The van der Waals surface area contributed by atoms with Crippen LogP contribution in [0.15, 0.2) is 23.7 Å². The number of hydrogen-bond acceptors (Lipinski definition) is 4. The Balaban J connectivity index is 1.72. The minimum atomic E-state index is 0.0427. The summed E-state index contributed by atoms with van der Waals surface area (Å²) in [4.78, 5) is 18.8. The molecule has 0 spiro atoms. The van der Waals surface area contributed by atoms with E-state index in [9.17, 15) is 4.79 Å². The van der Waals surface area contributed by atoms with Crippen molar-refractivity contribution >= 4 is 17.2 Å². The lowest BCUT2D eigenvalue weighted by Crippen LogP contribution is -2.32. The lowest BCUT2D eigenvalue weighted by molar-refractivity contribution is 0.0771. The van der Waals surface area contributed by atoms with Crippen LogP contribution in [0.5, 0.6) is 5.19 Å². The van der Waals surface area contributed by atoms with E-state index in [4.69, 9.17) is 4.74 Å². The number of thiazole rings is 1. The minimum Gasteiger partial charge on any atom is -0.465 e. The standard InChI is InChI=1S/C17H20N2O2S/c1-11-8-12(2)15(13(3)9-11)16(20)19-6-4-14(10-19)21-17-18-5-7-22-17/h5,7-9,14H,4,6,10H2,1-3H3. The molecule has 4 nitrogen and oxygen atoms in total. The summed E-state index contributed by atoms with van der Waals surface area (Å²) in [6, 6.07) is 4.14. The van der Waals surface area contributed by atoms with Gasteiger partial charge in [0.25, 0.3) is 11.1 Å². The zero-order valence-electron chi connectivity index (χ0n) is 13.1. The van der Waals surface area contributed by atoms with Gasteiger partial charge in [0, 0.05) is 30.1 Å². The maximum Gasteiger partial charge on any atom is 0.273 e. The SMILES string of the molecule is Cc1cc(C)c(C(=O)N2CCC(Oc3nccs3)C2)c(C)c1. The average Bonchev–Trinajstić information content (AvgIpc) is 3.09. The van der Waals surface area contributed by atoms with Gasteiger partial charge in [0.15, 0.2) is 0 Å². The second kappa shape index (κ2) is 6.08. The van der Waals surface area contributed by atoms with Crippen molar-refractivity contribution < 1.29 is 9.53 Å². The molecule has 116 valence electrons. The summed E-state index contributed by atoms with van der Waals surface area (Å²) in [5.74, 6) is 0.111. The molecule has 1 unspecified atom stereocenters. The van der Waals surface area contributed by atoms with Crippen molar-refractivity contribution in [2.24, 2.45) is 0 Å². The molecule has 1 atom stereocenters. The smallest absolute Gasteiger partial charge is 0.273 e. The van der Waals surface area contributed by atoms with E-state index in [0.717, 1.165) is 29.7 Å². The molecule has 3 rings (SSSR count). The first kappa shape index (κ1) is 15.0. The molecular formula is C17H20N2O2S. The van der Waals surface area contributed by atoms with Crippen LogP contribution in [0, 0.1) is 20.8 Å². The molecule has 2 heterocycles. The maximum absolute atomic E-state index is 12.8. The van der Waals surface area contributed by atoms with E-state index < -0.39 is 0 Å². The Bertz CT molecular complexity index is 659. The molecule has 1 fully saturated rings. The number of carbonyl (C=O) groups excluding carboxylic acids is 1. The Morgan fingerprint density at radius 3 is 2.68 bits per heavy atom. The van der Waals surface area contributed by atoms with E-state index >= 15 is 0 Å². The largest absolute Gasteiger partial charge is 0.465 e. The highest BCUT2D eigenvalue weighted by molar-refractivity contribution is 7.11. The zero-order valence-corrected chi connectivity index (χ0v) is 13.9. The van der Waals surface area contributed by atoms with Gasteiger partial charge >= 0.3 is 0 Å². The van der Waals surface area contributed by atoms with E-state index in [2.05, 4.69) is 24.0 Å². The predicted molar refractivity (Wildman–Crippen MR) is 87.7 cm³/mol. The molecule has 22 heavy (non-hydrogen) atoms. The van der Waals surface area contributed by atoms with E-state index in [1.54, 1.807) is 6.20 Å². The quantitative estimate of drug-likeness (QED) is 0.872. The van der Waals surface area contributed by atoms with Gasteiger partial charge in [-0.15, -0.1) is 0 Å². The molecule has 1 aromatic heterocycles. The van der Waals surface area contributed by atoms with Crippen LogP contribution in [0.4, 0.5) is 0 Å². The third-order valence-electron chi connectivity index (χ3n) is 4.00. The second-order valence-corrected chi connectivity index (χ2v) is 6.71. The second-order valence-electron chi connectivity index (χ2n) is 5.85. The van der Waals surface area contributed by atoms with Gasteiger partial charge in [0.1, 0.15) is 6.10 Å². The van der Waals surface area contributed by atoms with Gasteiger partial charge < -0.3 is 9.64 Å². The fourth-order valence-corrected chi connectivity index (χ4v) is 3.65. The number of amides is 1. The predicted octanol–water partition coefficient (Wildman–Crippen LogP) is 3.36. The normalized spacial score (nSPS) is 17.8. The van der Waals surface area contributed by atoms with Crippen molar-refractivity contribution in [3.63, 3.8) is 0 Å². The third-order valence-corrected chi connectivity index (χ3v) is 4.66. The Hall–Kier alpha value is -1.88. The highest BCUT2D eigenvalue weighted by Gasteiger charge is 2.30. The number of carbonyl (C=O) groups is 1. The van der Waals surface area contributed by atoms with Crippen molar-refractivity contribution in [1.29, 1.82) is 0 Å². The number of aromatic nitrogens is 1. The molecule has 1 aromatic carbocycles. The molecule has 1 saturated heterocycles. The van der Waals surface area contributed by atoms with Crippen LogP contribution >= 0.6 is 11.3 Å². The van der Waals surface area contributed by atoms with Crippen LogP contribution in [0.1, 0.15) is 33.5 Å². The van der Waals surface area contributed by atoms with E-state index in [0.29, 0.717) is 11.7 Å². The van der Waals surface area contributed by atoms with Crippen LogP contribution in [-0.4, -0.2) is 35.0 Å². The van der Waals surface area contributed by atoms with Crippen LogP contribution in [-0.2, 0) is 0 Å². The molecule has 0 aliphatic carbocycles. The number of aryl methyl sites for hydroxylation is 3. The molecule has 2 aromatic rings. The molecule has 1 aliphatic heterocycles. The van der Waals surface area contributed by atoms with Gasteiger partial charge in [-0.3, -0.25) is 4.79 Å². The molecule has 0 N–H and O–H groups in total. The summed E-state index contributed by atoms with van der Waals surface area (Å²) < 4.78 is 5.82. The Morgan fingerprint density at radius 1 is 1.32 bits per heavy atom. The lowest BCUT2D eigenvalue weighted by Gasteiger charge is -2.19. The first-order chi connectivity index (χ1) is 10.5. The summed E-state index contributed by atoms with van der Waals surface area (Å²) in [6.07, 6.45) is 2.63. The van der Waals surface area contributed by atoms with Crippen LogP contribution < -0.4 is 4.74 Å². The van der Waals surface area contributed by atoms with E-state index in [-0.39, 0.29) is 12.0 Å². The third kappa shape index (κ3) is 2.99. The first-order valence-electron chi connectivity index (χ1n) is 7.48. The van der Waals surface area contributed by atoms with Gasteiger partial charge in [0.2, 0.25) is 0 Å². The number of nitrogens with zero attached hydrogens (tertiary/aromatic N) is 2. The average molecular weight is 316 g/mol. The lowest BCUT2D eigenvalue weighted by atomic mass is 9.99. The summed E-state index contributed by atoms with van der Waals surface area (Å²) >= 11 is 1.49. The zero-order chi connectivity index (χ0) is 15.7. The molecular weight excluding hydrogens is 296 g/mol. The molecule has 0 radical (unpaired) electrons. The fraction of sp³-hybridized carbons (Fsp3) is 0.412. The number of ether oxygens (including phenoxy) is 1. The number of benzene rings is 1. The van der Waals surface area contributed by atoms with Crippen molar-refractivity contribution in [2.75, 3.05) is 13.1 Å². The van der Waals surface area contributed by atoms with Crippen molar-refractivity contribution in [1.82, 2.24) is 9.88 Å². The monoisotopic (exact) mass is 316 g/mol. The Morgan fingerprint density at radius 2 is 2.05 bits per heavy atom. The maximum atomic E-state index is 12.8. The summed E-state index contributed by atoms with van der Waals surface area (Å²) in [7, 11) is 0.